The number of piperazine rings is 1. The Balaban J connectivity index is 0.00000280. The third-order valence-electron chi connectivity index (χ3n) is 5.79. The molecule has 8 heteroatoms. The van der Waals surface area contributed by atoms with Crippen molar-refractivity contribution in [3.63, 3.8) is 0 Å². The molecule has 2 fully saturated rings. The molecule has 2 aliphatic rings. The molecule has 1 aromatic carbocycles. The summed E-state index contributed by atoms with van der Waals surface area (Å²) < 4.78 is 10.5. The first-order valence-electron chi connectivity index (χ1n) is 9.59. The molecule has 1 saturated heterocycles. The lowest BCUT2D eigenvalue weighted by molar-refractivity contribution is -0.138. The molecule has 28 heavy (non-hydrogen) atoms. The highest BCUT2D eigenvalue weighted by Gasteiger charge is 2.36. The summed E-state index contributed by atoms with van der Waals surface area (Å²) in [4.78, 5) is 29.3. The first-order valence-corrected chi connectivity index (χ1v) is 9.59. The molecule has 1 aliphatic carbocycles. The number of hydrogen-bond acceptors (Lipinski definition) is 5. The maximum absolute atomic E-state index is 12.8. The van der Waals surface area contributed by atoms with E-state index in [1.807, 2.05) is 4.90 Å². The molecule has 7 nitrogen and oxygen atoms in total. The monoisotopic (exact) mass is 411 g/mol. The Bertz CT molecular complexity index is 692. The number of benzene rings is 1. The number of carbonyl (C=O) groups excluding carboxylic acids is 2. The van der Waals surface area contributed by atoms with E-state index in [0.717, 1.165) is 19.3 Å². The lowest BCUT2D eigenvalue weighted by Gasteiger charge is -2.36. The van der Waals surface area contributed by atoms with Crippen LogP contribution in [0.5, 0.6) is 11.5 Å². The molecule has 2 amide bonds. The summed E-state index contributed by atoms with van der Waals surface area (Å²) in [6.07, 6.45) is 3.06. The zero-order valence-electron chi connectivity index (χ0n) is 16.6. The number of halogens is 1. The largest absolute Gasteiger partial charge is 0.493 e. The number of hydrogen-bond donors (Lipinski definition) is 1. The predicted octanol–water partition coefficient (Wildman–Crippen LogP) is 1.79. The van der Waals surface area contributed by atoms with Crippen LogP contribution in [0.25, 0.3) is 0 Å². The Hall–Kier alpha value is -1.99. The molecule has 2 atom stereocenters. The van der Waals surface area contributed by atoms with E-state index in [1.54, 1.807) is 37.3 Å². The second-order valence-electron chi connectivity index (χ2n) is 7.22. The summed E-state index contributed by atoms with van der Waals surface area (Å²) in [5.74, 6) is 1.65. The quantitative estimate of drug-likeness (QED) is 0.798. The fourth-order valence-electron chi connectivity index (χ4n) is 4.16. The van der Waals surface area contributed by atoms with Gasteiger partial charge in [0.15, 0.2) is 11.5 Å². The summed E-state index contributed by atoms with van der Waals surface area (Å²) in [6, 6.07) is 5.17. The van der Waals surface area contributed by atoms with Crippen LogP contribution in [0.4, 0.5) is 0 Å². The molecule has 0 radical (unpaired) electrons. The van der Waals surface area contributed by atoms with Gasteiger partial charge in [-0.2, -0.15) is 0 Å². The van der Waals surface area contributed by atoms with Gasteiger partial charge in [-0.15, -0.1) is 12.4 Å². The summed E-state index contributed by atoms with van der Waals surface area (Å²) >= 11 is 0. The molecule has 156 valence electrons. The maximum atomic E-state index is 12.8. The highest BCUT2D eigenvalue weighted by Crippen LogP contribution is 2.33. The van der Waals surface area contributed by atoms with Gasteiger partial charge in [0.1, 0.15) is 0 Å². The lowest BCUT2D eigenvalue weighted by Crippen LogP contribution is -2.52. The Morgan fingerprint density at radius 1 is 1.04 bits per heavy atom. The van der Waals surface area contributed by atoms with Crippen LogP contribution < -0.4 is 15.2 Å². The molecule has 1 heterocycles. The van der Waals surface area contributed by atoms with Crippen LogP contribution >= 0.6 is 12.4 Å². The van der Waals surface area contributed by atoms with E-state index in [1.165, 1.54) is 0 Å². The van der Waals surface area contributed by atoms with E-state index in [9.17, 15) is 9.59 Å². The molecular formula is C20H30ClN3O4. The fourth-order valence-corrected chi connectivity index (χ4v) is 4.16. The second kappa shape index (κ2) is 9.98. The smallest absolute Gasteiger partial charge is 0.254 e. The van der Waals surface area contributed by atoms with Crippen molar-refractivity contribution in [1.29, 1.82) is 0 Å². The van der Waals surface area contributed by atoms with E-state index in [2.05, 4.69) is 0 Å². The van der Waals surface area contributed by atoms with Crippen LogP contribution in [0.15, 0.2) is 18.2 Å². The van der Waals surface area contributed by atoms with Gasteiger partial charge in [-0.3, -0.25) is 9.59 Å². The van der Waals surface area contributed by atoms with Crippen LogP contribution in [0.2, 0.25) is 0 Å². The highest BCUT2D eigenvalue weighted by molar-refractivity contribution is 5.95. The van der Waals surface area contributed by atoms with Crippen molar-refractivity contribution in [3.05, 3.63) is 23.8 Å². The minimum Gasteiger partial charge on any atom is -0.493 e. The third kappa shape index (κ3) is 4.52. The van der Waals surface area contributed by atoms with Gasteiger partial charge in [-0.1, -0.05) is 6.42 Å². The number of methoxy groups -OCH3 is 2. The number of nitrogens with zero attached hydrogens (tertiary/aromatic N) is 2. The molecule has 0 unspecified atom stereocenters. The molecule has 1 aliphatic heterocycles. The van der Waals surface area contributed by atoms with Gasteiger partial charge < -0.3 is 25.0 Å². The number of rotatable bonds is 5. The van der Waals surface area contributed by atoms with Crippen molar-refractivity contribution < 1.29 is 19.1 Å². The number of amides is 2. The van der Waals surface area contributed by atoms with E-state index in [4.69, 9.17) is 15.2 Å². The third-order valence-corrected chi connectivity index (χ3v) is 5.79. The van der Waals surface area contributed by atoms with Crippen molar-refractivity contribution >= 4 is 24.2 Å². The average molecular weight is 412 g/mol. The summed E-state index contributed by atoms with van der Waals surface area (Å²) in [5.41, 5.74) is 6.38. The van der Waals surface area contributed by atoms with E-state index < -0.39 is 0 Å². The number of carbonyl (C=O) groups is 2. The summed E-state index contributed by atoms with van der Waals surface area (Å²) in [5, 5.41) is 0. The summed E-state index contributed by atoms with van der Waals surface area (Å²) in [6.45, 7) is 2.81. The average Bonchev–Trinajstić information content (AvgIpc) is 3.21. The zero-order valence-corrected chi connectivity index (χ0v) is 17.4. The highest BCUT2D eigenvalue weighted by atomic mass is 35.5. The van der Waals surface area contributed by atoms with Crippen molar-refractivity contribution in [2.75, 3.05) is 46.9 Å². The van der Waals surface area contributed by atoms with Crippen LogP contribution in [0.3, 0.4) is 0 Å². The maximum Gasteiger partial charge on any atom is 0.254 e. The second-order valence-corrected chi connectivity index (χ2v) is 7.22. The molecule has 3 rings (SSSR count). The Labute approximate surface area is 172 Å². The van der Waals surface area contributed by atoms with E-state index in [-0.39, 0.29) is 30.1 Å². The lowest BCUT2D eigenvalue weighted by atomic mass is 9.94. The SMILES string of the molecule is COc1ccc(C(=O)N2CCN(C(=O)[C@@H]3CCC[C@@H]3CN)CC2)cc1OC.Cl. The molecule has 0 aromatic heterocycles. The molecule has 1 aromatic rings. The minimum absolute atomic E-state index is 0. The van der Waals surface area contributed by atoms with Crippen LogP contribution in [0, 0.1) is 11.8 Å². The first-order chi connectivity index (χ1) is 13.1. The number of nitrogens with two attached hydrogens (primary N) is 1. The molecule has 2 N–H and O–H groups in total. The molecule has 1 saturated carbocycles. The predicted molar refractivity (Wildman–Crippen MR) is 109 cm³/mol. The van der Waals surface area contributed by atoms with Gasteiger partial charge in [0.2, 0.25) is 5.91 Å². The Kier molecular flexibility index (Phi) is 7.95. The normalized spacial score (nSPS) is 21.8. The van der Waals surface area contributed by atoms with Crippen molar-refractivity contribution in [3.8, 4) is 11.5 Å². The van der Waals surface area contributed by atoms with E-state index in [0.29, 0.717) is 55.7 Å². The zero-order chi connectivity index (χ0) is 19.4. The Morgan fingerprint density at radius 2 is 1.68 bits per heavy atom. The van der Waals surface area contributed by atoms with E-state index >= 15 is 0 Å². The van der Waals surface area contributed by atoms with Gasteiger partial charge in [0.05, 0.1) is 14.2 Å². The molecule has 0 bridgehead atoms. The number of ether oxygens (including phenoxy) is 2. The summed E-state index contributed by atoms with van der Waals surface area (Å²) in [7, 11) is 3.11. The van der Waals surface area contributed by atoms with Gasteiger partial charge in [0, 0.05) is 37.7 Å². The van der Waals surface area contributed by atoms with Crippen molar-refractivity contribution in [2.45, 2.75) is 19.3 Å². The van der Waals surface area contributed by atoms with Gasteiger partial charge in [-0.25, -0.2) is 0 Å². The fraction of sp³-hybridized carbons (Fsp3) is 0.600. The minimum atomic E-state index is -0.0521. The Morgan fingerprint density at radius 3 is 2.29 bits per heavy atom. The first kappa shape index (κ1) is 22.3. The van der Waals surface area contributed by atoms with Gasteiger partial charge in [-0.05, 0) is 43.5 Å². The van der Waals surface area contributed by atoms with Crippen molar-refractivity contribution in [2.24, 2.45) is 17.6 Å². The van der Waals surface area contributed by atoms with Gasteiger partial charge >= 0.3 is 0 Å². The van der Waals surface area contributed by atoms with Crippen molar-refractivity contribution in [1.82, 2.24) is 9.80 Å². The molecular weight excluding hydrogens is 382 g/mol. The standard InChI is InChI=1S/C20H29N3O4.ClH/c1-26-17-7-6-14(12-18(17)27-2)19(24)22-8-10-23(11-9-22)20(25)16-5-3-4-15(16)13-21;/h6-7,12,15-16H,3-5,8-11,13,21H2,1-2H3;1H/t15-,16-;/m1./s1. The molecule has 0 spiro atoms. The van der Waals surface area contributed by atoms with Crippen LogP contribution in [0.1, 0.15) is 29.6 Å². The topological polar surface area (TPSA) is 85.1 Å². The van der Waals surface area contributed by atoms with Crippen LogP contribution in [-0.4, -0.2) is 68.6 Å². The van der Waals surface area contributed by atoms with Gasteiger partial charge in [0.25, 0.3) is 5.91 Å². The van der Waals surface area contributed by atoms with Crippen LogP contribution in [-0.2, 0) is 4.79 Å².